The zero-order valence-electron chi connectivity index (χ0n) is 39.1. The van der Waals surface area contributed by atoms with Gasteiger partial charge in [-0.05, 0) is 67.9 Å². The molecule has 2 amide bonds. The highest BCUT2D eigenvalue weighted by Crippen LogP contribution is 2.55. The second-order valence-corrected chi connectivity index (χ2v) is 22.5. The van der Waals surface area contributed by atoms with Gasteiger partial charge in [0.15, 0.2) is 0 Å². The molecule has 6 aliphatic rings. The highest BCUT2D eigenvalue weighted by atomic mass is 35.5. The van der Waals surface area contributed by atoms with Gasteiger partial charge in [-0.1, -0.05) is 45.4 Å². The first-order chi connectivity index (χ1) is 31.9. The van der Waals surface area contributed by atoms with Gasteiger partial charge in [-0.15, -0.1) is 0 Å². The van der Waals surface area contributed by atoms with Crippen LogP contribution < -0.4 is 40.4 Å². The molecule has 0 bridgehead atoms. The summed E-state index contributed by atoms with van der Waals surface area (Å²) in [7, 11) is -1.76. The Morgan fingerprint density at radius 1 is 0.940 bits per heavy atom. The second-order valence-electron chi connectivity index (χ2n) is 20.1. The van der Waals surface area contributed by atoms with Crippen molar-refractivity contribution in [3.05, 3.63) is 83.0 Å². The van der Waals surface area contributed by atoms with E-state index in [-0.39, 0.29) is 64.7 Å². The van der Waals surface area contributed by atoms with Crippen LogP contribution in [-0.4, -0.2) is 137 Å². The van der Waals surface area contributed by atoms with Gasteiger partial charge >= 0.3 is 0 Å². The Kier molecular flexibility index (Phi) is 13.0. The number of nitrogens with zero attached hydrogens (tertiary/aromatic N) is 5. The number of rotatable bonds is 13. The summed E-state index contributed by atoms with van der Waals surface area (Å²) in [4.78, 5) is 35.6. The molecule has 5 N–H and O–H groups in total. The van der Waals surface area contributed by atoms with Gasteiger partial charge < -0.3 is 29.9 Å². The highest BCUT2D eigenvalue weighted by molar-refractivity contribution is 7.92. The van der Waals surface area contributed by atoms with E-state index in [0.717, 1.165) is 69.1 Å². The van der Waals surface area contributed by atoms with Crippen LogP contribution in [0.25, 0.3) is 5.57 Å². The minimum atomic E-state index is -3.51. The van der Waals surface area contributed by atoms with Crippen LogP contribution in [0, 0.1) is 34.0 Å². The Morgan fingerprint density at radius 3 is 2.36 bits per heavy atom. The maximum Gasteiger partial charge on any atom is 0.244 e. The molecule has 3 aromatic rings. The predicted molar refractivity (Wildman–Crippen MR) is 259 cm³/mol. The van der Waals surface area contributed by atoms with Crippen molar-refractivity contribution in [2.45, 2.75) is 71.6 Å². The zero-order chi connectivity index (χ0) is 47.4. The third-order valence-electron chi connectivity index (χ3n) is 14.9. The molecule has 2 atom stereocenters. The van der Waals surface area contributed by atoms with E-state index < -0.39 is 10.0 Å². The molecule has 2 unspecified atom stereocenters. The van der Waals surface area contributed by atoms with Crippen molar-refractivity contribution in [2.75, 3.05) is 81.3 Å². The molecule has 1 aliphatic carbocycles. The Hall–Kier alpha value is -4.93. The Bertz CT molecular complexity index is 2550. The van der Waals surface area contributed by atoms with Crippen LogP contribution in [0.4, 0.5) is 11.4 Å². The monoisotopic (exact) mass is 954 g/mol. The lowest BCUT2D eigenvalue weighted by molar-refractivity contribution is -0.175. The average Bonchev–Trinajstić information content (AvgIpc) is 3.80. The van der Waals surface area contributed by atoms with Crippen LogP contribution in [0.2, 0.25) is 5.02 Å². The van der Waals surface area contributed by atoms with E-state index in [4.69, 9.17) is 21.1 Å². The van der Waals surface area contributed by atoms with Crippen molar-refractivity contribution in [3.63, 3.8) is 0 Å². The summed E-state index contributed by atoms with van der Waals surface area (Å²) in [6.07, 6.45) is 2.49. The van der Waals surface area contributed by atoms with E-state index >= 15 is 0 Å². The summed E-state index contributed by atoms with van der Waals surface area (Å²) in [6, 6.07) is 20.7. The number of hydrogen-bond acceptors (Lipinski definition) is 13. The number of likely N-dealkylation sites (N-methyl/N-ethyl adjacent to an activating group) is 1. The maximum atomic E-state index is 13.6. The van der Waals surface area contributed by atoms with E-state index in [1.807, 2.05) is 24.4 Å². The highest BCUT2D eigenvalue weighted by Gasteiger charge is 2.64. The average molecular weight is 956 g/mol. The quantitative estimate of drug-likeness (QED) is 0.162. The number of likely N-dealkylation sites (tertiary alicyclic amines) is 1. The molecule has 358 valence electrons. The predicted octanol–water partition coefficient (Wildman–Crippen LogP) is 4.45. The molecule has 1 saturated carbocycles. The van der Waals surface area contributed by atoms with Gasteiger partial charge in [-0.25, -0.2) is 8.42 Å². The number of benzene rings is 3. The zero-order valence-corrected chi connectivity index (χ0v) is 40.7. The summed E-state index contributed by atoms with van der Waals surface area (Å²) in [5, 5.41) is 23.5. The lowest BCUT2D eigenvalue weighted by Gasteiger charge is -2.63. The molecule has 16 nitrogen and oxygen atoms in total. The number of nitriles is 1. The first kappa shape index (κ1) is 47.1. The molecule has 9 rings (SSSR count). The smallest absolute Gasteiger partial charge is 0.244 e. The number of amides is 2. The van der Waals surface area contributed by atoms with Gasteiger partial charge in [-0.2, -0.15) is 5.26 Å². The molecular formula is C49H63ClN10O6S. The van der Waals surface area contributed by atoms with Gasteiger partial charge in [-0.3, -0.25) is 34.7 Å². The van der Waals surface area contributed by atoms with Crippen LogP contribution in [0.1, 0.15) is 52.2 Å². The Labute approximate surface area is 399 Å². The third kappa shape index (κ3) is 9.34. The molecule has 5 fully saturated rings. The molecule has 0 radical (unpaired) electrons. The molecular weight excluding hydrogens is 892 g/mol. The van der Waals surface area contributed by atoms with Crippen LogP contribution in [0.5, 0.6) is 17.2 Å². The molecule has 0 aromatic heterocycles. The number of nitrogens with one attached hydrogen (secondary N) is 5. The molecule has 3 aromatic carbocycles. The summed E-state index contributed by atoms with van der Waals surface area (Å²) in [5.74, 6) is 1.61. The number of carbonyl (C=O) groups is 2. The molecule has 5 aliphatic heterocycles. The van der Waals surface area contributed by atoms with E-state index in [2.05, 4.69) is 86.6 Å². The SMILES string of the molecule is CCS(=O)(=O)Nc1ccc(Oc2cccc(N3CCN(C4CN(C5NCC(C(=O)NC6C(C)(C)C(Oc7ccc(C#N)c(Cl)c7)C6(C)C)CN5)C4)CC3)c2)c(C2=CN(C)C(=O)C3NCCC23)c1. The lowest BCUT2D eigenvalue weighted by atomic mass is 9.49. The summed E-state index contributed by atoms with van der Waals surface area (Å²) < 4.78 is 40.8. The number of carbonyl (C=O) groups excluding carboxylic acids is 2. The number of ether oxygens (including phenoxy) is 2. The molecule has 5 heterocycles. The normalized spacial score (nSPS) is 27.5. The summed E-state index contributed by atoms with van der Waals surface area (Å²) in [6.45, 7) is 17.5. The fraction of sp³-hybridized carbons (Fsp3) is 0.531. The third-order valence-corrected chi connectivity index (χ3v) is 16.6. The second kappa shape index (κ2) is 18.5. The molecule has 67 heavy (non-hydrogen) atoms. The first-order valence-corrected chi connectivity index (χ1v) is 25.5. The number of sulfonamides is 1. The van der Waals surface area contributed by atoms with Gasteiger partial charge in [0.25, 0.3) is 0 Å². The number of halogens is 1. The lowest BCUT2D eigenvalue weighted by Crippen LogP contribution is -2.76. The number of fused-ring (bicyclic) bond motifs is 1. The standard InChI is InChI=1S/C49H63ClN10O6S/c1-7-67(63,64)56-32-12-14-41(38(21-32)39-29-57(6)44(62)42-37(39)15-16-52-42)65-35-10-8-9-33(22-35)58-17-19-59(20-18-58)34-27-60(28-34)47-53-25-31(26-54-47)43(61)55-45-48(2,3)46(49(45,4)5)66-36-13-11-30(24-51)40(50)23-36/h8-14,21-23,29,31,34,37,42,45-47,52-54,56H,7,15-20,25-28H2,1-6H3,(H,55,61). The van der Waals surface area contributed by atoms with Crippen LogP contribution in [0.3, 0.4) is 0 Å². The minimum Gasteiger partial charge on any atom is -0.489 e. The Balaban J connectivity index is 0.753. The van der Waals surface area contributed by atoms with E-state index in [1.54, 1.807) is 49.2 Å². The van der Waals surface area contributed by atoms with Crippen molar-refractivity contribution >= 4 is 50.4 Å². The first-order valence-electron chi connectivity index (χ1n) is 23.5. The van der Waals surface area contributed by atoms with Crippen LogP contribution in [-0.2, 0) is 19.6 Å². The van der Waals surface area contributed by atoms with Crippen LogP contribution >= 0.6 is 11.6 Å². The van der Waals surface area contributed by atoms with Crippen LogP contribution in [0.15, 0.2) is 66.9 Å². The van der Waals surface area contributed by atoms with E-state index in [1.165, 1.54) is 0 Å². The van der Waals surface area contributed by atoms with Gasteiger partial charge in [0.1, 0.15) is 35.7 Å². The fourth-order valence-corrected chi connectivity index (χ4v) is 12.3. The number of anilines is 2. The van der Waals surface area contributed by atoms with Crippen molar-refractivity contribution in [1.82, 2.24) is 36.0 Å². The minimum absolute atomic E-state index is 0.0172. The molecule has 0 spiro atoms. The topological polar surface area (TPSA) is 184 Å². The summed E-state index contributed by atoms with van der Waals surface area (Å²) in [5.41, 5.74) is 2.94. The van der Waals surface area contributed by atoms with E-state index in [9.17, 15) is 23.3 Å². The van der Waals surface area contributed by atoms with Gasteiger partial charge in [0.05, 0.1) is 28.3 Å². The number of piperazine rings is 1. The van der Waals surface area contributed by atoms with Crippen molar-refractivity contribution < 1.29 is 27.5 Å². The van der Waals surface area contributed by atoms with Gasteiger partial charge in [0, 0.05) is 124 Å². The van der Waals surface area contributed by atoms with Crippen molar-refractivity contribution in [1.29, 1.82) is 5.26 Å². The largest absolute Gasteiger partial charge is 0.489 e. The summed E-state index contributed by atoms with van der Waals surface area (Å²) >= 11 is 6.28. The number of hydrogen-bond donors (Lipinski definition) is 5. The van der Waals surface area contributed by atoms with Gasteiger partial charge in [0.2, 0.25) is 21.8 Å². The molecule has 18 heteroatoms. The van der Waals surface area contributed by atoms with Crippen molar-refractivity contribution in [2.24, 2.45) is 22.7 Å². The fourth-order valence-electron chi connectivity index (χ4n) is 11.4. The molecule has 4 saturated heterocycles. The Morgan fingerprint density at radius 2 is 1.67 bits per heavy atom. The maximum absolute atomic E-state index is 13.6. The van der Waals surface area contributed by atoms with E-state index in [0.29, 0.717) is 52.7 Å². The van der Waals surface area contributed by atoms with Crippen molar-refractivity contribution in [3.8, 4) is 23.3 Å².